The highest BCUT2D eigenvalue weighted by Crippen LogP contribution is 2.21. The molecule has 0 fully saturated rings. The number of hydrogen-bond donors (Lipinski definition) is 1. The molecule has 0 atom stereocenters. The van der Waals surface area contributed by atoms with E-state index in [1.807, 2.05) is 6.07 Å². The van der Waals surface area contributed by atoms with Crippen LogP contribution in [0.4, 0.5) is 0 Å². The zero-order valence-corrected chi connectivity index (χ0v) is 14.1. The van der Waals surface area contributed by atoms with Gasteiger partial charge in [0.05, 0.1) is 10.6 Å². The Labute approximate surface area is 154 Å². The van der Waals surface area contributed by atoms with Gasteiger partial charge < -0.3 is 9.84 Å². The fraction of sp³-hybridized carbons (Fsp3) is 0.0526. The molecule has 3 rings (SSSR count). The average Bonchev–Trinajstić information content (AvgIpc) is 2.68. The summed E-state index contributed by atoms with van der Waals surface area (Å²) in [6, 6.07) is 15.5. The predicted octanol–water partition coefficient (Wildman–Crippen LogP) is 3.95. The van der Waals surface area contributed by atoms with Crippen molar-refractivity contribution < 1.29 is 14.6 Å². The molecule has 2 aromatic carbocycles. The highest BCUT2D eigenvalue weighted by Gasteiger charge is 2.08. The van der Waals surface area contributed by atoms with E-state index in [0.717, 1.165) is 5.56 Å². The van der Waals surface area contributed by atoms with Crippen LogP contribution in [0.25, 0.3) is 11.4 Å². The van der Waals surface area contributed by atoms with Crippen molar-refractivity contribution >= 4 is 17.6 Å². The van der Waals surface area contributed by atoms with Crippen LogP contribution in [0.2, 0.25) is 5.02 Å². The third kappa shape index (κ3) is 3.97. The van der Waals surface area contributed by atoms with Gasteiger partial charge in [-0.25, -0.2) is 14.8 Å². The molecule has 0 saturated carbocycles. The molecule has 0 unspecified atom stereocenters. The fourth-order valence-corrected chi connectivity index (χ4v) is 2.39. The molecule has 26 heavy (non-hydrogen) atoms. The van der Waals surface area contributed by atoms with E-state index in [4.69, 9.17) is 26.7 Å². The van der Waals surface area contributed by atoms with Crippen LogP contribution in [0.15, 0.2) is 54.7 Å². The third-order valence-electron chi connectivity index (χ3n) is 3.54. The van der Waals surface area contributed by atoms with Gasteiger partial charge in [-0.15, -0.1) is 0 Å². The summed E-state index contributed by atoms with van der Waals surface area (Å²) in [7, 11) is 0. The lowest BCUT2D eigenvalue weighted by molar-refractivity contribution is 0.0690. The number of carbonyl (C=O) groups is 1. The average molecular weight is 366 g/mol. The second-order valence-electron chi connectivity index (χ2n) is 5.31. The zero-order chi connectivity index (χ0) is 18.5. The minimum absolute atomic E-state index is 0.0636. The smallest absolute Gasteiger partial charge is 0.354 e. The third-order valence-corrected chi connectivity index (χ3v) is 3.87. The molecule has 0 amide bonds. The first-order valence-corrected chi connectivity index (χ1v) is 7.93. The largest absolute Gasteiger partial charge is 0.489 e. The van der Waals surface area contributed by atoms with Crippen molar-refractivity contribution in [1.82, 2.24) is 9.97 Å². The Bertz CT molecular complexity index is 998. The van der Waals surface area contributed by atoms with Crippen LogP contribution < -0.4 is 4.74 Å². The summed E-state index contributed by atoms with van der Waals surface area (Å²) in [5.74, 6) is -0.155. The number of aromatic nitrogens is 2. The van der Waals surface area contributed by atoms with Crippen molar-refractivity contribution in [2.75, 3.05) is 0 Å². The van der Waals surface area contributed by atoms with Crippen molar-refractivity contribution in [2.24, 2.45) is 0 Å². The van der Waals surface area contributed by atoms with Gasteiger partial charge in [0.15, 0.2) is 11.5 Å². The number of aromatic carboxylic acids is 1. The van der Waals surface area contributed by atoms with E-state index in [1.54, 1.807) is 42.5 Å². The molecule has 1 N–H and O–H groups in total. The van der Waals surface area contributed by atoms with Gasteiger partial charge in [0.25, 0.3) is 0 Å². The normalized spacial score (nSPS) is 10.2. The number of ether oxygens (including phenoxy) is 1. The lowest BCUT2D eigenvalue weighted by Gasteiger charge is -2.08. The summed E-state index contributed by atoms with van der Waals surface area (Å²) < 4.78 is 5.70. The molecule has 128 valence electrons. The maximum Gasteiger partial charge on any atom is 0.354 e. The van der Waals surface area contributed by atoms with Gasteiger partial charge in [0, 0.05) is 11.8 Å². The molecule has 0 spiro atoms. The Hall–Kier alpha value is -3.43. The number of nitrogens with zero attached hydrogens (tertiary/aromatic N) is 3. The molecule has 0 aliphatic carbocycles. The maximum atomic E-state index is 11.0. The summed E-state index contributed by atoms with van der Waals surface area (Å²) >= 11 is 5.91. The van der Waals surface area contributed by atoms with Gasteiger partial charge in [0.1, 0.15) is 18.4 Å². The molecule has 0 aliphatic heterocycles. The van der Waals surface area contributed by atoms with Crippen molar-refractivity contribution in [1.29, 1.82) is 5.26 Å². The summed E-state index contributed by atoms with van der Waals surface area (Å²) in [5, 5.41) is 18.4. The fourth-order valence-electron chi connectivity index (χ4n) is 2.23. The predicted molar refractivity (Wildman–Crippen MR) is 94.9 cm³/mol. The molecule has 0 aliphatic rings. The Morgan fingerprint density at radius 1 is 1.19 bits per heavy atom. The number of benzene rings is 2. The minimum Gasteiger partial charge on any atom is -0.489 e. The monoisotopic (exact) mass is 365 g/mol. The Balaban J connectivity index is 1.71. The number of carboxylic acids is 1. The SMILES string of the molecule is N#Cc1cc(COc2ccc(-c3nccc(C(=O)O)n3)cc2)ccc1Cl. The first-order valence-electron chi connectivity index (χ1n) is 7.55. The van der Waals surface area contributed by atoms with E-state index in [9.17, 15) is 4.79 Å². The van der Waals surface area contributed by atoms with Crippen molar-refractivity contribution in [3.05, 3.63) is 76.6 Å². The number of hydrogen-bond acceptors (Lipinski definition) is 5. The van der Waals surface area contributed by atoms with Crippen molar-refractivity contribution in [3.63, 3.8) is 0 Å². The Kier molecular flexibility index (Phi) is 5.11. The van der Waals surface area contributed by atoms with E-state index in [-0.39, 0.29) is 12.3 Å². The maximum absolute atomic E-state index is 11.0. The molecule has 0 radical (unpaired) electrons. The molecule has 0 bridgehead atoms. The molecule has 6 nitrogen and oxygen atoms in total. The number of nitriles is 1. The van der Waals surface area contributed by atoms with Crippen molar-refractivity contribution in [3.8, 4) is 23.2 Å². The first kappa shape index (κ1) is 17.4. The summed E-state index contributed by atoms with van der Waals surface area (Å²) in [6.45, 7) is 0.288. The number of halogens is 1. The topological polar surface area (TPSA) is 96.1 Å². The molecule has 1 heterocycles. The first-order chi connectivity index (χ1) is 12.6. The van der Waals surface area contributed by atoms with E-state index >= 15 is 0 Å². The lowest BCUT2D eigenvalue weighted by atomic mass is 10.1. The highest BCUT2D eigenvalue weighted by atomic mass is 35.5. The Morgan fingerprint density at radius 3 is 2.65 bits per heavy atom. The molecule has 3 aromatic rings. The summed E-state index contributed by atoms with van der Waals surface area (Å²) in [6.07, 6.45) is 1.41. The van der Waals surface area contributed by atoms with Gasteiger partial charge in [-0.3, -0.25) is 0 Å². The Morgan fingerprint density at radius 2 is 1.96 bits per heavy atom. The van der Waals surface area contributed by atoms with Gasteiger partial charge in [-0.05, 0) is 48.0 Å². The van der Waals surface area contributed by atoms with Crippen molar-refractivity contribution in [2.45, 2.75) is 6.61 Å². The lowest BCUT2D eigenvalue weighted by Crippen LogP contribution is -2.02. The zero-order valence-electron chi connectivity index (χ0n) is 13.4. The number of carboxylic acid groups (broad SMARTS) is 1. The van der Waals surface area contributed by atoms with Crippen LogP contribution in [-0.2, 0) is 6.61 Å². The summed E-state index contributed by atoms with van der Waals surface area (Å²) in [4.78, 5) is 19.1. The van der Waals surface area contributed by atoms with Crippen LogP contribution in [0.1, 0.15) is 21.6 Å². The van der Waals surface area contributed by atoms with Crippen LogP contribution >= 0.6 is 11.6 Å². The second-order valence-corrected chi connectivity index (χ2v) is 5.72. The van der Waals surface area contributed by atoms with Crippen LogP contribution in [0, 0.1) is 11.3 Å². The van der Waals surface area contributed by atoms with Crippen LogP contribution in [0.3, 0.4) is 0 Å². The van der Waals surface area contributed by atoms with E-state index in [0.29, 0.717) is 27.7 Å². The van der Waals surface area contributed by atoms with E-state index in [1.165, 1.54) is 12.3 Å². The van der Waals surface area contributed by atoms with E-state index in [2.05, 4.69) is 9.97 Å². The number of rotatable bonds is 5. The quantitative estimate of drug-likeness (QED) is 0.735. The summed E-state index contributed by atoms with van der Waals surface area (Å²) in [5.41, 5.74) is 1.84. The second kappa shape index (κ2) is 7.64. The molecule has 0 saturated heterocycles. The molecular formula is C19H12ClN3O3. The molecule has 1 aromatic heterocycles. The van der Waals surface area contributed by atoms with Crippen LogP contribution in [0.5, 0.6) is 5.75 Å². The van der Waals surface area contributed by atoms with Gasteiger partial charge in [-0.2, -0.15) is 5.26 Å². The van der Waals surface area contributed by atoms with Gasteiger partial charge >= 0.3 is 5.97 Å². The van der Waals surface area contributed by atoms with Gasteiger partial charge in [-0.1, -0.05) is 17.7 Å². The van der Waals surface area contributed by atoms with Gasteiger partial charge in [0.2, 0.25) is 0 Å². The highest BCUT2D eigenvalue weighted by molar-refractivity contribution is 6.31. The van der Waals surface area contributed by atoms with Crippen LogP contribution in [-0.4, -0.2) is 21.0 Å². The molecular weight excluding hydrogens is 354 g/mol. The standard InChI is InChI=1S/C19H12ClN3O3/c20-16-6-1-12(9-14(16)10-21)11-26-15-4-2-13(3-5-15)18-22-8-7-17(23-18)19(24)25/h1-9H,11H2,(H,24,25). The van der Waals surface area contributed by atoms with E-state index < -0.39 is 5.97 Å². The minimum atomic E-state index is -1.10. The molecule has 7 heteroatoms.